The average molecular weight is 494 g/mol. The van der Waals surface area contributed by atoms with Crippen molar-refractivity contribution in [3.8, 4) is 11.4 Å². The zero-order valence-corrected chi connectivity index (χ0v) is 22.0. The van der Waals surface area contributed by atoms with E-state index in [4.69, 9.17) is 4.74 Å². The molecule has 4 rings (SSSR count). The Kier molecular flexibility index (Phi) is 7.73. The first kappa shape index (κ1) is 24.5. The van der Waals surface area contributed by atoms with E-state index in [9.17, 15) is 4.79 Å². The van der Waals surface area contributed by atoms with E-state index in [-0.39, 0.29) is 12.5 Å². The summed E-state index contributed by atoms with van der Waals surface area (Å²) in [5.41, 5.74) is 12.0. The molecule has 2 aromatic carbocycles. The van der Waals surface area contributed by atoms with E-state index in [0.29, 0.717) is 10.3 Å². The molecule has 3 aromatic rings. The van der Waals surface area contributed by atoms with E-state index in [0.717, 1.165) is 17.0 Å². The van der Waals surface area contributed by atoms with Crippen molar-refractivity contribution in [3.05, 3.63) is 81.7 Å². The Labute approximate surface area is 210 Å². The van der Waals surface area contributed by atoms with E-state index in [1.165, 1.54) is 39.4 Å². The molecule has 0 spiro atoms. The molecule has 0 unspecified atom stereocenters. The first-order chi connectivity index (χ1) is 16.3. The minimum absolute atomic E-state index is 0.0790. The third kappa shape index (κ3) is 5.53. The molecule has 1 aliphatic rings. The second-order valence-electron chi connectivity index (χ2n) is 8.63. The number of aryl methyl sites for hydroxylation is 4. The highest BCUT2D eigenvalue weighted by Crippen LogP contribution is 2.45. The molecule has 1 fully saturated rings. The maximum atomic E-state index is 12.2. The number of hydrogen-bond acceptors (Lipinski definition) is 5. The Morgan fingerprint density at radius 3 is 2.35 bits per heavy atom. The van der Waals surface area contributed by atoms with Crippen molar-refractivity contribution in [1.82, 2.24) is 9.99 Å². The molecule has 0 aliphatic carbocycles. The number of amides is 1. The zero-order valence-electron chi connectivity index (χ0n) is 20.3. The summed E-state index contributed by atoms with van der Waals surface area (Å²) in [6, 6.07) is 14.5. The quantitative estimate of drug-likeness (QED) is 0.323. The van der Waals surface area contributed by atoms with Crippen LogP contribution in [0.5, 0.6) is 5.75 Å². The minimum atomic E-state index is -0.290. The van der Waals surface area contributed by atoms with Gasteiger partial charge in [-0.1, -0.05) is 29.8 Å². The lowest BCUT2D eigenvalue weighted by atomic mass is 10.0. The number of benzene rings is 2. The molecular formula is C27H31N3O2S2. The summed E-state index contributed by atoms with van der Waals surface area (Å²) in [7, 11) is 0. The van der Waals surface area contributed by atoms with Crippen LogP contribution in [0, 0.1) is 34.6 Å². The Balaban J connectivity index is 1.35. The third-order valence-corrected chi connectivity index (χ3v) is 8.97. The molecule has 5 nitrogen and oxygen atoms in total. The van der Waals surface area contributed by atoms with Crippen LogP contribution >= 0.6 is 23.5 Å². The molecule has 1 N–H and O–H groups in total. The van der Waals surface area contributed by atoms with Crippen LogP contribution in [0.2, 0.25) is 0 Å². The summed E-state index contributed by atoms with van der Waals surface area (Å²) in [5.74, 6) is 2.79. The number of thioether (sulfide) groups is 2. The SMILES string of the molecule is Cc1cc(C)c(-n2c(C)cc(/C=N\NC(=O)COc3ccc(C4SCCS4)cc3)c2C)c(C)c1. The van der Waals surface area contributed by atoms with Crippen LogP contribution in [-0.4, -0.2) is 34.8 Å². The van der Waals surface area contributed by atoms with E-state index in [2.05, 4.69) is 80.0 Å². The maximum absolute atomic E-state index is 12.2. The number of carbonyl (C=O) groups excluding carboxylic acids is 1. The third-order valence-electron chi connectivity index (χ3n) is 5.87. The topological polar surface area (TPSA) is 55.6 Å². The van der Waals surface area contributed by atoms with Crippen molar-refractivity contribution >= 4 is 35.6 Å². The van der Waals surface area contributed by atoms with Crippen LogP contribution in [-0.2, 0) is 4.79 Å². The lowest BCUT2D eigenvalue weighted by Crippen LogP contribution is -2.24. The molecule has 1 saturated heterocycles. The smallest absolute Gasteiger partial charge is 0.277 e. The summed E-state index contributed by atoms with van der Waals surface area (Å²) >= 11 is 3.94. The fraction of sp³-hybridized carbons (Fsp3) is 0.333. The largest absolute Gasteiger partial charge is 0.484 e. The molecule has 0 radical (unpaired) electrons. The van der Waals surface area contributed by atoms with Gasteiger partial charge in [0.2, 0.25) is 0 Å². The number of carbonyl (C=O) groups is 1. The fourth-order valence-electron chi connectivity index (χ4n) is 4.41. The van der Waals surface area contributed by atoms with Gasteiger partial charge in [-0.05, 0) is 69.5 Å². The summed E-state index contributed by atoms with van der Waals surface area (Å²) in [6.07, 6.45) is 1.70. The Morgan fingerprint density at radius 2 is 1.71 bits per heavy atom. The predicted molar refractivity (Wildman–Crippen MR) is 145 cm³/mol. The number of ether oxygens (including phenoxy) is 1. The summed E-state index contributed by atoms with van der Waals surface area (Å²) < 4.78 is 8.38. The first-order valence-electron chi connectivity index (χ1n) is 11.4. The Bertz CT molecular complexity index is 1190. The molecular weight excluding hydrogens is 462 g/mol. The van der Waals surface area contributed by atoms with Crippen molar-refractivity contribution in [2.75, 3.05) is 18.1 Å². The fourth-order valence-corrected chi connectivity index (χ4v) is 7.27. The van der Waals surface area contributed by atoms with Crippen LogP contribution in [0.15, 0.2) is 47.6 Å². The van der Waals surface area contributed by atoms with Gasteiger partial charge in [0.15, 0.2) is 6.61 Å². The second kappa shape index (κ2) is 10.7. The number of rotatable bonds is 7. The standard InChI is InChI=1S/C27H31N3O2S2/c1-17-12-18(2)26(19(3)13-17)30-20(4)14-23(21(30)5)15-28-29-25(31)16-32-24-8-6-22(7-9-24)27-33-10-11-34-27/h6-9,12-15,27H,10-11,16H2,1-5H3,(H,29,31)/b28-15-. The predicted octanol–water partition coefficient (Wildman–Crippen LogP) is 6.03. The normalized spacial score (nSPS) is 14.1. The number of nitrogens with one attached hydrogen (secondary N) is 1. The summed E-state index contributed by atoms with van der Waals surface area (Å²) in [5, 5.41) is 4.16. The van der Waals surface area contributed by atoms with Gasteiger partial charge in [-0.25, -0.2) is 5.43 Å². The van der Waals surface area contributed by atoms with E-state index >= 15 is 0 Å². The highest BCUT2D eigenvalue weighted by Gasteiger charge is 2.18. The van der Waals surface area contributed by atoms with Crippen molar-refractivity contribution in [2.24, 2.45) is 5.10 Å². The van der Waals surface area contributed by atoms with Crippen molar-refractivity contribution in [2.45, 2.75) is 39.2 Å². The molecule has 7 heteroatoms. The van der Waals surface area contributed by atoms with Crippen LogP contribution in [0.3, 0.4) is 0 Å². The van der Waals surface area contributed by atoms with Gasteiger partial charge < -0.3 is 9.30 Å². The molecule has 1 amide bonds. The lowest BCUT2D eigenvalue weighted by molar-refractivity contribution is -0.123. The van der Waals surface area contributed by atoms with Crippen molar-refractivity contribution in [3.63, 3.8) is 0 Å². The molecule has 2 heterocycles. The Morgan fingerprint density at radius 1 is 1.06 bits per heavy atom. The Hall–Kier alpha value is -2.64. The molecule has 1 aliphatic heterocycles. The lowest BCUT2D eigenvalue weighted by Gasteiger charge is -2.16. The van der Waals surface area contributed by atoms with Gasteiger partial charge >= 0.3 is 0 Å². The molecule has 1 aromatic heterocycles. The first-order valence-corrected chi connectivity index (χ1v) is 13.5. The second-order valence-corrected chi connectivity index (χ2v) is 11.4. The van der Waals surface area contributed by atoms with Crippen molar-refractivity contribution in [1.29, 1.82) is 0 Å². The van der Waals surface area contributed by atoms with E-state index in [1.54, 1.807) is 6.21 Å². The van der Waals surface area contributed by atoms with Crippen LogP contribution < -0.4 is 10.2 Å². The van der Waals surface area contributed by atoms with Gasteiger partial charge in [-0.3, -0.25) is 4.79 Å². The van der Waals surface area contributed by atoms with Crippen LogP contribution in [0.25, 0.3) is 5.69 Å². The maximum Gasteiger partial charge on any atom is 0.277 e. The van der Waals surface area contributed by atoms with Gasteiger partial charge in [0.25, 0.3) is 5.91 Å². The number of aromatic nitrogens is 1. The van der Waals surface area contributed by atoms with Gasteiger partial charge in [-0.15, -0.1) is 23.5 Å². The highest BCUT2D eigenvalue weighted by atomic mass is 32.2. The number of hydrogen-bond donors (Lipinski definition) is 1. The number of hydrazone groups is 1. The summed E-state index contributed by atoms with van der Waals surface area (Å²) in [6.45, 7) is 10.5. The van der Waals surface area contributed by atoms with Gasteiger partial charge in [0.1, 0.15) is 5.75 Å². The van der Waals surface area contributed by atoms with Gasteiger partial charge in [-0.2, -0.15) is 5.10 Å². The molecule has 178 valence electrons. The minimum Gasteiger partial charge on any atom is -0.484 e. The molecule has 0 atom stereocenters. The summed E-state index contributed by atoms with van der Waals surface area (Å²) in [4.78, 5) is 12.2. The van der Waals surface area contributed by atoms with Crippen LogP contribution in [0.4, 0.5) is 0 Å². The molecule has 0 saturated carbocycles. The zero-order chi connectivity index (χ0) is 24.2. The van der Waals surface area contributed by atoms with E-state index < -0.39 is 0 Å². The van der Waals surface area contributed by atoms with Crippen LogP contribution in [0.1, 0.15) is 43.8 Å². The van der Waals surface area contributed by atoms with Crippen molar-refractivity contribution < 1.29 is 9.53 Å². The average Bonchev–Trinajstić information content (AvgIpc) is 3.42. The van der Waals surface area contributed by atoms with Gasteiger partial charge in [0, 0.05) is 28.5 Å². The number of nitrogens with zero attached hydrogens (tertiary/aromatic N) is 2. The molecule has 0 bridgehead atoms. The van der Waals surface area contributed by atoms with E-state index in [1.807, 2.05) is 35.7 Å². The molecule has 34 heavy (non-hydrogen) atoms. The monoisotopic (exact) mass is 493 g/mol. The van der Waals surface area contributed by atoms with Gasteiger partial charge in [0.05, 0.1) is 16.5 Å². The highest BCUT2D eigenvalue weighted by molar-refractivity contribution is 8.19.